The van der Waals surface area contributed by atoms with E-state index in [1.54, 1.807) is 0 Å². The average molecular weight is 257 g/mol. The number of carboxylic acids is 1. The van der Waals surface area contributed by atoms with E-state index < -0.39 is 12.1 Å². The van der Waals surface area contributed by atoms with Crippen molar-refractivity contribution < 1.29 is 19.4 Å². The van der Waals surface area contributed by atoms with E-state index in [9.17, 15) is 9.59 Å². The van der Waals surface area contributed by atoms with Crippen molar-refractivity contribution in [2.45, 2.75) is 64.1 Å². The van der Waals surface area contributed by atoms with Gasteiger partial charge < -0.3 is 15.2 Å². The van der Waals surface area contributed by atoms with Crippen LogP contribution in [0.25, 0.3) is 0 Å². The van der Waals surface area contributed by atoms with E-state index in [0.717, 1.165) is 12.8 Å². The number of rotatable bonds is 8. The molecule has 0 heterocycles. The second-order valence-corrected chi connectivity index (χ2v) is 4.73. The Bertz CT molecular complexity index is 274. The summed E-state index contributed by atoms with van der Waals surface area (Å²) in [6.07, 6.45) is 5.48. The number of carboxylic acid groups (broad SMARTS) is 1. The van der Waals surface area contributed by atoms with Crippen molar-refractivity contribution in [3.63, 3.8) is 0 Å². The first-order valence-corrected chi connectivity index (χ1v) is 6.78. The predicted molar refractivity (Wildman–Crippen MR) is 67.3 cm³/mol. The highest BCUT2D eigenvalue weighted by Crippen LogP contribution is 2.22. The summed E-state index contributed by atoms with van der Waals surface area (Å²) >= 11 is 0. The molecule has 0 aromatic rings. The minimum atomic E-state index is -0.835. The summed E-state index contributed by atoms with van der Waals surface area (Å²) in [5.41, 5.74) is 0. The molecule has 0 saturated heterocycles. The second kappa shape index (κ2) is 8.08. The maximum atomic E-state index is 11.8. The van der Waals surface area contributed by atoms with Gasteiger partial charge >= 0.3 is 5.97 Å². The summed E-state index contributed by atoms with van der Waals surface area (Å²) < 4.78 is 5.77. The normalized spacial score (nSPS) is 17.6. The Morgan fingerprint density at radius 3 is 2.61 bits per heavy atom. The van der Waals surface area contributed by atoms with Crippen LogP contribution in [0.3, 0.4) is 0 Å². The minimum absolute atomic E-state index is 0.0839. The van der Waals surface area contributed by atoms with Gasteiger partial charge in [-0.1, -0.05) is 19.8 Å². The molecule has 1 amide bonds. The van der Waals surface area contributed by atoms with Crippen LogP contribution in [0.15, 0.2) is 0 Å². The van der Waals surface area contributed by atoms with Gasteiger partial charge in [-0.15, -0.1) is 0 Å². The van der Waals surface area contributed by atoms with Crippen molar-refractivity contribution in [2.75, 3.05) is 6.54 Å². The number of aliphatic carboxylic acids is 1. The molecule has 0 spiro atoms. The number of carbonyl (C=O) groups excluding carboxylic acids is 1. The van der Waals surface area contributed by atoms with Gasteiger partial charge in [0.2, 0.25) is 5.91 Å². The van der Waals surface area contributed by atoms with Crippen molar-refractivity contribution in [3.05, 3.63) is 0 Å². The molecule has 18 heavy (non-hydrogen) atoms. The maximum Gasteiger partial charge on any atom is 0.303 e. The number of ether oxygens (including phenoxy) is 1. The van der Waals surface area contributed by atoms with Crippen molar-refractivity contribution >= 4 is 11.9 Å². The lowest BCUT2D eigenvalue weighted by atomic mass is 10.2. The second-order valence-electron chi connectivity index (χ2n) is 4.73. The monoisotopic (exact) mass is 257 g/mol. The fourth-order valence-corrected chi connectivity index (χ4v) is 2.17. The van der Waals surface area contributed by atoms with Crippen LogP contribution in [0.2, 0.25) is 0 Å². The van der Waals surface area contributed by atoms with Crippen LogP contribution in [0.5, 0.6) is 0 Å². The topological polar surface area (TPSA) is 75.6 Å². The Balaban J connectivity index is 2.21. The molecule has 0 aliphatic heterocycles. The molecule has 1 saturated carbocycles. The lowest BCUT2D eigenvalue weighted by molar-refractivity contribution is -0.138. The summed E-state index contributed by atoms with van der Waals surface area (Å²) in [4.78, 5) is 22.1. The third-order valence-corrected chi connectivity index (χ3v) is 3.19. The molecule has 5 nitrogen and oxygen atoms in total. The van der Waals surface area contributed by atoms with Gasteiger partial charge in [-0.05, 0) is 25.7 Å². The van der Waals surface area contributed by atoms with E-state index in [4.69, 9.17) is 9.84 Å². The Morgan fingerprint density at radius 2 is 2.06 bits per heavy atom. The predicted octanol–water partition coefficient (Wildman–Crippen LogP) is 1.71. The average Bonchev–Trinajstić information content (AvgIpc) is 2.84. The fraction of sp³-hybridized carbons (Fsp3) is 0.846. The molecule has 1 unspecified atom stereocenters. The zero-order valence-electron chi connectivity index (χ0n) is 11.0. The van der Waals surface area contributed by atoms with Gasteiger partial charge in [0.05, 0.1) is 6.10 Å². The number of amides is 1. The van der Waals surface area contributed by atoms with Crippen LogP contribution >= 0.6 is 0 Å². The van der Waals surface area contributed by atoms with E-state index >= 15 is 0 Å². The Kier molecular flexibility index (Phi) is 6.72. The quantitative estimate of drug-likeness (QED) is 0.649. The molecule has 104 valence electrons. The first-order chi connectivity index (χ1) is 8.63. The molecule has 1 rings (SSSR count). The highest BCUT2D eigenvalue weighted by atomic mass is 16.5. The van der Waals surface area contributed by atoms with Gasteiger partial charge in [0.15, 0.2) is 0 Å². The van der Waals surface area contributed by atoms with Gasteiger partial charge in [0.1, 0.15) is 6.10 Å². The van der Waals surface area contributed by atoms with Crippen LogP contribution in [0.4, 0.5) is 0 Å². The molecule has 2 N–H and O–H groups in total. The molecule has 1 fully saturated rings. The number of hydrogen-bond donors (Lipinski definition) is 2. The van der Waals surface area contributed by atoms with Gasteiger partial charge in [-0.2, -0.15) is 0 Å². The summed E-state index contributed by atoms with van der Waals surface area (Å²) in [6, 6.07) is 0. The van der Waals surface area contributed by atoms with Crippen LogP contribution in [-0.2, 0) is 14.3 Å². The first-order valence-electron chi connectivity index (χ1n) is 6.78. The third-order valence-electron chi connectivity index (χ3n) is 3.19. The van der Waals surface area contributed by atoms with Gasteiger partial charge in [0.25, 0.3) is 0 Å². The highest BCUT2D eigenvalue weighted by molar-refractivity contribution is 5.80. The van der Waals surface area contributed by atoms with E-state index in [1.807, 2.05) is 6.92 Å². The van der Waals surface area contributed by atoms with Crippen LogP contribution in [-0.4, -0.2) is 35.7 Å². The SMILES string of the molecule is CCC(OC1CCCC1)C(=O)NCCCC(=O)O. The summed E-state index contributed by atoms with van der Waals surface area (Å²) in [5, 5.41) is 11.2. The summed E-state index contributed by atoms with van der Waals surface area (Å²) in [7, 11) is 0. The lowest BCUT2D eigenvalue weighted by Gasteiger charge is -2.20. The van der Waals surface area contributed by atoms with E-state index in [1.165, 1.54) is 12.8 Å². The first kappa shape index (κ1) is 15.0. The molecular weight excluding hydrogens is 234 g/mol. The van der Waals surface area contributed by atoms with Crippen LogP contribution in [0.1, 0.15) is 51.9 Å². The molecule has 5 heteroatoms. The third kappa shape index (κ3) is 5.49. The Morgan fingerprint density at radius 1 is 1.39 bits per heavy atom. The Hall–Kier alpha value is -1.10. The van der Waals surface area contributed by atoms with Crippen molar-refractivity contribution in [1.29, 1.82) is 0 Å². The molecule has 1 aliphatic rings. The molecule has 1 atom stereocenters. The van der Waals surface area contributed by atoms with E-state index in [-0.39, 0.29) is 18.4 Å². The number of hydrogen-bond acceptors (Lipinski definition) is 3. The smallest absolute Gasteiger partial charge is 0.303 e. The van der Waals surface area contributed by atoms with Crippen molar-refractivity contribution in [2.24, 2.45) is 0 Å². The van der Waals surface area contributed by atoms with Gasteiger partial charge in [-0.3, -0.25) is 9.59 Å². The lowest BCUT2D eigenvalue weighted by Crippen LogP contribution is -2.38. The standard InChI is InChI=1S/C13H23NO4/c1-2-11(18-10-6-3-4-7-10)13(17)14-9-5-8-12(15)16/h10-11H,2-9H2,1H3,(H,14,17)(H,15,16). The molecule has 0 aromatic carbocycles. The molecule has 0 radical (unpaired) electrons. The zero-order valence-corrected chi connectivity index (χ0v) is 11.0. The fourth-order valence-electron chi connectivity index (χ4n) is 2.17. The van der Waals surface area contributed by atoms with Crippen molar-refractivity contribution in [3.8, 4) is 0 Å². The molecule has 1 aliphatic carbocycles. The van der Waals surface area contributed by atoms with Crippen LogP contribution < -0.4 is 5.32 Å². The zero-order chi connectivity index (χ0) is 13.4. The van der Waals surface area contributed by atoms with Gasteiger partial charge in [0, 0.05) is 13.0 Å². The van der Waals surface area contributed by atoms with Crippen molar-refractivity contribution in [1.82, 2.24) is 5.32 Å². The number of carbonyl (C=O) groups is 2. The summed E-state index contributed by atoms with van der Waals surface area (Å²) in [6.45, 7) is 2.33. The van der Waals surface area contributed by atoms with E-state index in [2.05, 4.69) is 5.32 Å². The Labute approximate surface area is 108 Å². The van der Waals surface area contributed by atoms with Crippen LogP contribution in [0, 0.1) is 0 Å². The summed E-state index contributed by atoms with van der Waals surface area (Å²) in [5.74, 6) is -0.951. The molecular formula is C13H23NO4. The molecule has 0 bridgehead atoms. The highest BCUT2D eigenvalue weighted by Gasteiger charge is 2.23. The number of nitrogens with one attached hydrogen (secondary N) is 1. The van der Waals surface area contributed by atoms with Gasteiger partial charge in [-0.25, -0.2) is 0 Å². The minimum Gasteiger partial charge on any atom is -0.481 e. The molecule has 0 aromatic heterocycles. The van der Waals surface area contributed by atoms with E-state index in [0.29, 0.717) is 19.4 Å². The largest absolute Gasteiger partial charge is 0.481 e. The maximum absolute atomic E-state index is 11.8.